The van der Waals surface area contributed by atoms with Crippen LogP contribution in [0.4, 0.5) is 0 Å². The second-order valence-electron chi connectivity index (χ2n) is 3.07. The molecule has 0 bridgehead atoms. The second-order valence-corrected chi connectivity index (χ2v) is 5.62. The van der Waals surface area contributed by atoms with Gasteiger partial charge in [-0.05, 0) is 41.9 Å². The summed E-state index contributed by atoms with van der Waals surface area (Å²) < 4.78 is 3.08. The first-order valence-electron chi connectivity index (χ1n) is 4.27. The van der Waals surface area contributed by atoms with Crippen molar-refractivity contribution in [1.29, 1.82) is 0 Å². The predicted octanol–water partition coefficient (Wildman–Crippen LogP) is 2.77. The summed E-state index contributed by atoms with van der Waals surface area (Å²) in [5.74, 6) is 1.80. The topological polar surface area (TPSA) is 30.7 Å². The van der Waals surface area contributed by atoms with Crippen LogP contribution in [0.1, 0.15) is 16.5 Å². The molecule has 3 nitrogen and oxygen atoms in total. The van der Waals surface area contributed by atoms with E-state index in [1.165, 1.54) is 4.88 Å². The van der Waals surface area contributed by atoms with Crippen LogP contribution in [0.2, 0.25) is 0 Å². The fourth-order valence-corrected chi connectivity index (χ4v) is 2.76. The van der Waals surface area contributed by atoms with Crippen molar-refractivity contribution in [3.8, 4) is 0 Å². The van der Waals surface area contributed by atoms with Gasteiger partial charge >= 0.3 is 0 Å². The van der Waals surface area contributed by atoms with E-state index in [-0.39, 0.29) is 0 Å². The molecule has 5 heteroatoms. The molecule has 0 amide bonds. The average molecular weight is 272 g/mol. The monoisotopic (exact) mass is 271 g/mol. The van der Waals surface area contributed by atoms with Crippen LogP contribution in [0.3, 0.4) is 0 Å². The van der Waals surface area contributed by atoms with Gasteiger partial charge in [-0.15, -0.1) is 11.3 Å². The number of nitrogens with zero attached hydrogens (tertiary/aromatic N) is 3. The fraction of sp³-hybridized carbons (Fsp3) is 0.333. The molecule has 2 heterocycles. The van der Waals surface area contributed by atoms with Gasteiger partial charge in [0.05, 0.1) is 10.3 Å². The lowest BCUT2D eigenvalue weighted by Crippen LogP contribution is -2.02. The van der Waals surface area contributed by atoms with Gasteiger partial charge in [0.2, 0.25) is 0 Å². The van der Waals surface area contributed by atoms with Crippen LogP contribution in [-0.2, 0) is 6.54 Å². The molecule has 2 rings (SSSR count). The molecule has 74 valence electrons. The van der Waals surface area contributed by atoms with Gasteiger partial charge in [-0.2, -0.15) is 5.10 Å². The molecule has 0 saturated carbocycles. The largest absolute Gasteiger partial charge is 0.245 e. The molecule has 2 aromatic rings. The smallest absolute Gasteiger partial charge is 0.147 e. The maximum absolute atomic E-state index is 4.31. The summed E-state index contributed by atoms with van der Waals surface area (Å²) in [5, 5.41) is 4.31. The quantitative estimate of drug-likeness (QED) is 0.841. The minimum atomic E-state index is 0.808. The Kier molecular flexibility index (Phi) is 2.69. The lowest BCUT2D eigenvalue weighted by Gasteiger charge is -1.98. The lowest BCUT2D eigenvalue weighted by atomic mass is 10.4. The third-order valence-corrected chi connectivity index (χ3v) is 3.51. The molecule has 0 N–H and O–H groups in total. The SMILES string of the molecule is Cc1nc(C)n(Cc2ccc(Br)s2)n1. The molecule has 0 unspecified atom stereocenters. The minimum Gasteiger partial charge on any atom is -0.245 e. The molecule has 0 atom stereocenters. The first-order valence-corrected chi connectivity index (χ1v) is 5.88. The van der Waals surface area contributed by atoms with E-state index >= 15 is 0 Å². The number of aryl methyl sites for hydroxylation is 2. The number of hydrogen-bond acceptors (Lipinski definition) is 3. The van der Waals surface area contributed by atoms with Gasteiger partial charge in [0.15, 0.2) is 0 Å². The molecule has 0 saturated heterocycles. The summed E-state index contributed by atoms with van der Waals surface area (Å²) in [6.07, 6.45) is 0. The minimum absolute atomic E-state index is 0.808. The first-order chi connectivity index (χ1) is 6.65. The Labute approximate surface area is 94.9 Å². The first kappa shape index (κ1) is 9.86. The Bertz CT molecular complexity index is 447. The van der Waals surface area contributed by atoms with Crippen molar-refractivity contribution in [2.24, 2.45) is 0 Å². The van der Waals surface area contributed by atoms with Crippen molar-refractivity contribution < 1.29 is 0 Å². The highest BCUT2D eigenvalue weighted by Crippen LogP contribution is 2.22. The molecule has 14 heavy (non-hydrogen) atoms. The molecule has 2 aromatic heterocycles. The predicted molar refractivity (Wildman–Crippen MR) is 60.6 cm³/mol. The Hall–Kier alpha value is -0.680. The lowest BCUT2D eigenvalue weighted by molar-refractivity contribution is 0.663. The van der Waals surface area contributed by atoms with Crippen LogP contribution in [-0.4, -0.2) is 14.8 Å². The summed E-state index contributed by atoms with van der Waals surface area (Å²) in [4.78, 5) is 5.54. The van der Waals surface area contributed by atoms with Crippen molar-refractivity contribution in [3.05, 3.63) is 32.4 Å². The standard InChI is InChI=1S/C9H10BrN3S/c1-6-11-7(2)13(12-6)5-8-3-4-9(10)14-8/h3-4H,5H2,1-2H3. The van der Waals surface area contributed by atoms with Gasteiger partial charge in [0.1, 0.15) is 11.6 Å². The van der Waals surface area contributed by atoms with E-state index in [9.17, 15) is 0 Å². The van der Waals surface area contributed by atoms with Gasteiger partial charge < -0.3 is 0 Å². The molecular formula is C9H10BrN3S. The molecular weight excluding hydrogens is 262 g/mol. The van der Waals surface area contributed by atoms with Crippen LogP contribution >= 0.6 is 27.3 Å². The van der Waals surface area contributed by atoms with Crippen molar-refractivity contribution in [2.75, 3.05) is 0 Å². The molecule has 0 aliphatic carbocycles. The molecule has 0 aliphatic rings. The van der Waals surface area contributed by atoms with Crippen LogP contribution in [0.15, 0.2) is 15.9 Å². The van der Waals surface area contributed by atoms with Crippen LogP contribution in [0, 0.1) is 13.8 Å². The number of aromatic nitrogens is 3. The van der Waals surface area contributed by atoms with Crippen molar-refractivity contribution in [3.63, 3.8) is 0 Å². The molecule has 0 radical (unpaired) electrons. The number of rotatable bonds is 2. The van der Waals surface area contributed by atoms with Gasteiger partial charge in [-0.3, -0.25) is 0 Å². The third-order valence-electron chi connectivity index (χ3n) is 1.90. The Morgan fingerprint density at radius 2 is 2.21 bits per heavy atom. The highest BCUT2D eigenvalue weighted by atomic mass is 79.9. The zero-order chi connectivity index (χ0) is 10.1. The van der Waals surface area contributed by atoms with Crippen molar-refractivity contribution >= 4 is 27.3 Å². The Morgan fingerprint density at radius 1 is 1.43 bits per heavy atom. The maximum atomic E-state index is 4.31. The number of halogens is 1. The normalized spacial score (nSPS) is 10.8. The van der Waals surface area contributed by atoms with E-state index in [2.05, 4.69) is 38.1 Å². The highest BCUT2D eigenvalue weighted by molar-refractivity contribution is 9.11. The number of hydrogen-bond donors (Lipinski definition) is 0. The Morgan fingerprint density at radius 3 is 2.71 bits per heavy atom. The molecule has 0 aromatic carbocycles. The van der Waals surface area contributed by atoms with Gasteiger partial charge in [0, 0.05) is 4.88 Å². The summed E-state index contributed by atoms with van der Waals surface area (Å²) in [5.41, 5.74) is 0. The molecule has 0 fully saturated rings. The van der Waals surface area contributed by atoms with E-state index in [1.54, 1.807) is 11.3 Å². The van der Waals surface area contributed by atoms with Crippen molar-refractivity contribution in [1.82, 2.24) is 14.8 Å². The fourth-order valence-electron chi connectivity index (χ4n) is 1.30. The van der Waals surface area contributed by atoms with Crippen LogP contribution in [0.25, 0.3) is 0 Å². The van der Waals surface area contributed by atoms with E-state index in [1.807, 2.05) is 18.5 Å². The van der Waals surface area contributed by atoms with Crippen LogP contribution < -0.4 is 0 Å². The third kappa shape index (κ3) is 2.04. The zero-order valence-electron chi connectivity index (χ0n) is 7.99. The molecule has 0 aliphatic heterocycles. The summed E-state index contributed by atoms with van der Waals surface area (Å²) in [7, 11) is 0. The van der Waals surface area contributed by atoms with Gasteiger partial charge in [-0.25, -0.2) is 9.67 Å². The molecule has 0 spiro atoms. The highest BCUT2D eigenvalue weighted by Gasteiger charge is 2.04. The van der Waals surface area contributed by atoms with Crippen molar-refractivity contribution in [2.45, 2.75) is 20.4 Å². The van der Waals surface area contributed by atoms with Crippen LogP contribution in [0.5, 0.6) is 0 Å². The number of thiophene rings is 1. The second kappa shape index (κ2) is 3.82. The zero-order valence-corrected chi connectivity index (χ0v) is 10.4. The summed E-state index contributed by atoms with van der Waals surface area (Å²) in [6, 6.07) is 4.16. The van der Waals surface area contributed by atoms with Gasteiger partial charge in [0.25, 0.3) is 0 Å². The average Bonchev–Trinajstić information content (AvgIpc) is 2.61. The Balaban J connectivity index is 2.22. The maximum Gasteiger partial charge on any atom is 0.147 e. The summed E-state index contributed by atoms with van der Waals surface area (Å²) >= 11 is 5.17. The van der Waals surface area contributed by atoms with E-state index in [0.29, 0.717) is 0 Å². The van der Waals surface area contributed by atoms with E-state index in [0.717, 1.165) is 22.0 Å². The van der Waals surface area contributed by atoms with Gasteiger partial charge in [-0.1, -0.05) is 0 Å². The summed E-state index contributed by atoms with van der Waals surface area (Å²) in [6.45, 7) is 4.69. The van der Waals surface area contributed by atoms with E-state index in [4.69, 9.17) is 0 Å². The van der Waals surface area contributed by atoms with E-state index < -0.39 is 0 Å².